The molecule has 2 N–H and O–H groups in total. The Labute approximate surface area is 166 Å². The molecule has 3 aromatic rings. The first-order valence-electron chi connectivity index (χ1n) is 9.38. The van der Waals surface area contributed by atoms with Crippen LogP contribution in [0.1, 0.15) is 0 Å². The Morgan fingerprint density at radius 3 is 2.66 bits per heavy atom. The zero-order chi connectivity index (χ0) is 20.2. The number of urea groups is 1. The minimum absolute atomic E-state index is 0.111. The van der Waals surface area contributed by atoms with E-state index in [-0.39, 0.29) is 5.69 Å². The van der Waals surface area contributed by atoms with Crippen molar-refractivity contribution < 1.29 is 18.3 Å². The van der Waals surface area contributed by atoms with Crippen LogP contribution in [0.15, 0.2) is 42.5 Å². The summed E-state index contributed by atoms with van der Waals surface area (Å²) in [5.41, 5.74) is 1.53. The number of fused-ring (bicyclic) bond motifs is 1. The van der Waals surface area contributed by atoms with E-state index in [1.54, 1.807) is 0 Å². The lowest BCUT2D eigenvalue weighted by Crippen LogP contribution is -2.38. The van der Waals surface area contributed by atoms with Crippen LogP contribution in [0.3, 0.4) is 0 Å². The average molecular weight is 401 g/mol. The van der Waals surface area contributed by atoms with E-state index in [0.717, 1.165) is 36.7 Å². The molecule has 0 unspecified atom stereocenters. The average Bonchev–Trinajstić information content (AvgIpc) is 3.06. The Kier molecular flexibility index (Phi) is 5.68. The van der Waals surface area contributed by atoms with Gasteiger partial charge in [0.15, 0.2) is 0 Å². The maximum atomic E-state index is 13.8. The van der Waals surface area contributed by atoms with Crippen molar-refractivity contribution in [2.24, 2.45) is 0 Å². The van der Waals surface area contributed by atoms with E-state index in [0.29, 0.717) is 31.8 Å². The molecular formula is C20H21F2N5O2. The van der Waals surface area contributed by atoms with Gasteiger partial charge in [-0.05, 0) is 24.3 Å². The molecule has 0 bridgehead atoms. The highest BCUT2D eigenvalue weighted by Gasteiger charge is 2.16. The van der Waals surface area contributed by atoms with Gasteiger partial charge in [-0.15, -0.1) is 0 Å². The number of morpholine rings is 1. The second-order valence-corrected chi connectivity index (χ2v) is 6.73. The van der Waals surface area contributed by atoms with Gasteiger partial charge in [-0.3, -0.25) is 10.2 Å². The Hall–Kier alpha value is -3.04. The fourth-order valence-corrected chi connectivity index (χ4v) is 3.31. The van der Waals surface area contributed by atoms with Gasteiger partial charge in [0.05, 0.1) is 29.9 Å². The van der Waals surface area contributed by atoms with Gasteiger partial charge in [-0.1, -0.05) is 12.1 Å². The number of hydrogen-bond donors (Lipinski definition) is 2. The molecule has 29 heavy (non-hydrogen) atoms. The number of carbonyl (C=O) groups excluding carboxylic acids is 1. The van der Waals surface area contributed by atoms with Crippen LogP contribution in [0.2, 0.25) is 0 Å². The SMILES string of the molecule is O=C(Nc1ccc(F)cc1F)Nc1nc2ccccc2n1CCN1CCOCC1. The van der Waals surface area contributed by atoms with Crippen LogP contribution in [-0.2, 0) is 11.3 Å². The first-order valence-corrected chi connectivity index (χ1v) is 9.38. The fourth-order valence-electron chi connectivity index (χ4n) is 3.31. The second-order valence-electron chi connectivity index (χ2n) is 6.73. The van der Waals surface area contributed by atoms with Crippen LogP contribution < -0.4 is 10.6 Å². The molecule has 2 heterocycles. The van der Waals surface area contributed by atoms with Crippen molar-refractivity contribution in [1.29, 1.82) is 0 Å². The van der Waals surface area contributed by atoms with Crippen LogP contribution in [0, 0.1) is 11.6 Å². The molecule has 0 atom stereocenters. The molecule has 1 aliphatic rings. The van der Waals surface area contributed by atoms with Gasteiger partial charge >= 0.3 is 6.03 Å². The zero-order valence-corrected chi connectivity index (χ0v) is 15.7. The van der Waals surface area contributed by atoms with Crippen molar-refractivity contribution in [2.45, 2.75) is 6.54 Å². The molecule has 1 fully saturated rings. The number of imidazole rings is 1. The Bertz CT molecular complexity index is 1020. The largest absolute Gasteiger partial charge is 0.379 e. The molecule has 0 saturated carbocycles. The lowest BCUT2D eigenvalue weighted by molar-refractivity contribution is 0.0366. The van der Waals surface area contributed by atoms with Crippen LogP contribution in [0.5, 0.6) is 0 Å². The molecule has 1 aliphatic heterocycles. The molecule has 152 valence electrons. The molecule has 0 aliphatic carbocycles. The number of rotatable bonds is 5. The monoisotopic (exact) mass is 401 g/mol. The molecule has 0 spiro atoms. The number of halogens is 2. The standard InChI is InChI=1S/C20H21F2N5O2/c21-14-5-6-16(15(22)13-14)24-20(28)25-19-23-17-3-1-2-4-18(17)27(19)8-7-26-9-11-29-12-10-26/h1-6,13H,7-12H2,(H2,23,24,25,28). The summed E-state index contributed by atoms with van der Waals surface area (Å²) >= 11 is 0. The first kappa shape index (κ1) is 19.3. The number of nitrogens with zero attached hydrogens (tertiary/aromatic N) is 3. The molecule has 4 rings (SSSR count). The van der Waals surface area contributed by atoms with Crippen LogP contribution in [-0.4, -0.2) is 53.3 Å². The smallest absolute Gasteiger partial charge is 0.326 e. The number of hydrogen-bond acceptors (Lipinski definition) is 4. The van der Waals surface area contributed by atoms with E-state index in [1.165, 1.54) is 6.07 Å². The lowest BCUT2D eigenvalue weighted by Gasteiger charge is -2.26. The Morgan fingerprint density at radius 2 is 1.86 bits per heavy atom. The van der Waals surface area contributed by atoms with Crippen LogP contribution in [0.4, 0.5) is 25.2 Å². The summed E-state index contributed by atoms with van der Waals surface area (Å²) < 4.78 is 34.2. The van der Waals surface area contributed by atoms with Crippen molar-refractivity contribution in [1.82, 2.24) is 14.5 Å². The summed E-state index contributed by atoms with van der Waals surface area (Å²) in [6, 6.07) is 9.90. The maximum Gasteiger partial charge on any atom is 0.326 e. The van der Waals surface area contributed by atoms with Crippen LogP contribution >= 0.6 is 0 Å². The van der Waals surface area contributed by atoms with Crippen molar-refractivity contribution in [3.05, 3.63) is 54.1 Å². The Balaban J connectivity index is 1.51. The molecule has 2 aromatic carbocycles. The van der Waals surface area contributed by atoms with Gasteiger partial charge in [0.2, 0.25) is 5.95 Å². The van der Waals surface area contributed by atoms with Gasteiger partial charge in [0.25, 0.3) is 0 Å². The van der Waals surface area contributed by atoms with Gasteiger partial charge in [0, 0.05) is 32.2 Å². The van der Waals surface area contributed by atoms with Gasteiger partial charge in [-0.2, -0.15) is 0 Å². The first-order chi connectivity index (χ1) is 14.1. The number of nitrogens with one attached hydrogen (secondary N) is 2. The predicted octanol–water partition coefficient (Wildman–Crippen LogP) is 3.29. The zero-order valence-electron chi connectivity index (χ0n) is 15.7. The quantitative estimate of drug-likeness (QED) is 0.688. The summed E-state index contributed by atoms with van der Waals surface area (Å²) in [4.78, 5) is 19.2. The minimum Gasteiger partial charge on any atom is -0.379 e. The molecule has 1 aromatic heterocycles. The minimum atomic E-state index is -0.846. The molecule has 1 saturated heterocycles. The van der Waals surface area contributed by atoms with E-state index in [1.807, 2.05) is 28.8 Å². The maximum absolute atomic E-state index is 13.8. The summed E-state index contributed by atoms with van der Waals surface area (Å²) in [6.07, 6.45) is 0. The summed E-state index contributed by atoms with van der Waals surface area (Å²) in [5, 5.41) is 5.07. The van der Waals surface area contributed by atoms with E-state index in [4.69, 9.17) is 4.74 Å². The number of ether oxygens (including phenoxy) is 1. The highest BCUT2D eigenvalue weighted by atomic mass is 19.1. The molecule has 7 nitrogen and oxygen atoms in total. The third kappa shape index (κ3) is 4.52. The van der Waals surface area contributed by atoms with E-state index in [9.17, 15) is 13.6 Å². The summed E-state index contributed by atoms with van der Waals surface area (Å²) in [6.45, 7) is 4.55. The topological polar surface area (TPSA) is 71.4 Å². The number of anilines is 2. The third-order valence-electron chi connectivity index (χ3n) is 4.80. The predicted molar refractivity (Wildman–Crippen MR) is 106 cm³/mol. The summed E-state index contributed by atoms with van der Waals surface area (Å²) in [5.74, 6) is -1.20. The number of carbonyl (C=O) groups is 1. The van der Waals surface area contributed by atoms with Crippen molar-refractivity contribution in [3.8, 4) is 0 Å². The highest BCUT2D eigenvalue weighted by molar-refractivity contribution is 5.99. The number of benzene rings is 2. The van der Waals surface area contributed by atoms with Crippen molar-refractivity contribution >= 4 is 28.7 Å². The number of para-hydroxylation sites is 2. The van der Waals surface area contributed by atoms with E-state index in [2.05, 4.69) is 20.5 Å². The highest BCUT2D eigenvalue weighted by Crippen LogP contribution is 2.21. The van der Waals surface area contributed by atoms with Crippen molar-refractivity contribution in [2.75, 3.05) is 43.5 Å². The van der Waals surface area contributed by atoms with Gasteiger partial charge in [0.1, 0.15) is 11.6 Å². The lowest BCUT2D eigenvalue weighted by atomic mass is 10.3. The normalized spacial score (nSPS) is 14.8. The number of amides is 2. The third-order valence-corrected chi connectivity index (χ3v) is 4.80. The molecule has 9 heteroatoms. The second kappa shape index (κ2) is 8.54. The fraction of sp³-hybridized carbons (Fsp3) is 0.300. The number of aromatic nitrogens is 2. The van der Waals surface area contributed by atoms with Gasteiger partial charge in [-0.25, -0.2) is 18.6 Å². The molecule has 0 radical (unpaired) electrons. The van der Waals surface area contributed by atoms with Crippen molar-refractivity contribution in [3.63, 3.8) is 0 Å². The van der Waals surface area contributed by atoms with Crippen LogP contribution in [0.25, 0.3) is 11.0 Å². The van der Waals surface area contributed by atoms with E-state index < -0.39 is 17.7 Å². The molecule has 2 amide bonds. The molecular weight excluding hydrogens is 380 g/mol. The Morgan fingerprint density at radius 1 is 1.07 bits per heavy atom. The summed E-state index contributed by atoms with van der Waals surface area (Å²) in [7, 11) is 0. The van der Waals surface area contributed by atoms with E-state index >= 15 is 0 Å². The van der Waals surface area contributed by atoms with Gasteiger partial charge < -0.3 is 14.6 Å².